The molecular weight excluding hydrogens is 238 g/mol. The molecule has 1 aromatic rings. The van der Waals surface area contributed by atoms with Crippen LogP contribution in [-0.4, -0.2) is 20.8 Å². The van der Waals surface area contributed by atoms with Gasteiger partial charge in [-0.05, 0) is 36.0 Å². The Morgan fingerprint density at radius 1 is 1.05 bits per heavy atom. The highest BCUT2D eigenvalue weighted by Gasteiger charge is 2.22. The summed E-state index contributed by atoms with van der Waals surface area (Å²) in [6.07, 6.45) is 0. The molecule has 0 spiro atoms. The molecule has 0 amide bonds. The van der Waals surface area contributed by atoms with E-state index in [4.69, 9.17) is 9.47 Å². The van der Waals surface area contributed by atoms with Gasteiger partial charge in [-0.25, -0.2) is 0 Å². The van der Waals surface area contributed by atoms with Crippen molar-refractivity contribution in [2.24, 2.45) is 0 Å². The molecule has 108 valence electrons. The van der Waals surface area contributed by atoms with Crippen LogP contribution in [0.5, 0.6) is 11.5 Å². The standard InChI is InChI=1S/C16H27NO2/c1-8-17-15-14(11(4)5)12(10(2)3)9-13(18-6)16(15)19-7/h9-11,17H,8H2,1-7H3. The predicted molar refractivity (Wildman–Crippen MR) is 81.9 cm³/mol. The second-order valence-electron chi connectivity index (χ2n) is 5.33. The van der Waals surface area contributed by atoms with Crippen LogP contribution < -0.4 is 14.8 Å². The lowest BCUT2D eigenvalue weighted by Gasteiger charge is -2.25. The van der Waals surface area contributed by atoms with Gasteiger partial charge in [0.2, 0.25) is 0 Å². The summed E-state index contributed by atoms with van der Waals surface area (Å²) in [4.78, 5) is 0. The third-order valence-corrected chi connectivity index (χ3v) is 3.29. The fourth-order valence-corrected chi connectivity index (χ4v) is 2.48. The molecule has 0 aliphatic rings. The van der Waals surface area contributed by atoms with Crippen molar-refractivity contribution in [1.82, 2.24) is 0 Å². The largest absolute Gasteiger partial charge is 0.493 e. The lowest BCUT2D eigenvalue weighted by Crippen LogP contribution is -2.09. The molecule has 0 fully saturated rings. The second-order valence-corrected chi connectivity index (χ2v) is 5.33. The summed E-state index contributed by atoms with van der Waals surface area (Å²) in [7, 11) is 3.38. The Morgan fingerprint density at radius 2 is 1.68 bits per heavy atom. The van der Waals surface area contributed by atoms with Crippen molar-refractivity contribution in [2.45, 2.75) is 46.5 Å². The van der Waals surface area contributed by atoms with Crippen LogP contribution in [0.15, 0.2) is 6.07 Å². The molecule has 0 aromatic heterocycles. The van der Waals surface area contributed by atoms with E-state index in [1.54, 1.807) is 14.2 Å². The van der Waals surface area contributed by atoms with Gasteiger partial charge in [0.25, 0.3) is 0 Å². The lowest BCUT2D eigenvalue weighted by atomic mass is 9.88. The first-order valence-electron chi connectivity index (χ1n) is 7.00. The molecule has 1 rings (SSSR count). The summed E-state index contributed by atoms with van der Waals surface area (Å²) >= 11 is 0. The van der Waals surface area contributed by atoms with Crippen molar-refractivity contribution in [3.05, 3.63) is 17.2 Å². The SMILES string of the molecule is CCNc1c(OC)c(OC)cc(C(C)C)c1C(C)C. The molecule has 0 aliphatic carbocycles. The van der Waals surface area contributed by atoms with Crippen LogP contribution in [0.3, 0.4) is 0 Å². The lowest BCUT2D eigenvalue weighted by molar-refractivity contribution is 0.355. The highest BCUT2D eigenvalue weighted by Crippen LogP contribution is 2.45. The number of methoxy groups -OCH3 is 2. The van der Waals surface area contributed by atoms with Crippen LogP contribution in [0.2, 0.25) is 0 Å². The Kier molecular flexibility index (Phi) is 5.52. The smallest absolute Gasteiger partial charge is 0.184 e. The molecule has 0 saturated carbocycles. The summed E-state index contributed by atoms with van der Waals surface area (Å²) in [6, 6.07) is 2.11. The first kappa shape index (κ1) is 15.7. The molecule has 3 heteroatoms. The van der Waals surface area contributed by atoms with Gasteiger partial charge < -0.3 is 14.8 Å². The minimum atomic E-state index is 0.436. The van der Waals surface area contributed by atoms with Crippen LogP contribution in [0.25, 0.3) is 0 Å². The van der Waals surface area contributed by atoms with E-state index in [0.29, 0.717) is 11.8 Å². The molecule has 0 bridgehead atoms. The normalized spacial score (nSPS) is 11.0. The van der Waals surface area contributed by atoms with E-state index in [9.17, 15) is 0 Å². The van der Waals surface area contributed by atoms with Gasteiger partial charge in [-0.3, -0.25) is 0 Å². The molecular formula is C16H27NO2. The zero-order valence-electron chi connectivity index (χ0n) is 13.3. The average Bonchev–Trinajstić information content (AvgIpc) is 2.36. The average molecular weight is 265 g/mol. The van der Waals surface area contributed by atoms with Crippen molar-refractivity contribution in [3.8, 4) is 11.5 Å². The minimum Gasteiger partial charge on any atom is -0.493 e. The quantitative estimate of drug-likeness (QED) is 0.828. The summed E-state index contributed by atoms with van der Waals surface area (Å²) in [5.41, 5.74) is 3.72. The monoisotopic (exact) mass is 265 g/mol. The first-order valence-corrected chi connectivity index (χ1v) is 7.00. The van der Waals surface area contributed by atoms with Gasteiger partial charge in [0.1, 0.15) is 0 Å². The zero-order valence-corrected chi connectivity index (χ0v) is 13.3. The summed E-state index contributed by atoms with van der Waals surface area (Å²) in [6.45, 7) is 11.8. The second kappa shape index (κ2) is 6.69. The maximum atomic E-state index is 5.56. The summed E-state index contributed by atoms with van der Waals surface area (Å²) < 4.78 is 11.0. The molecule has 1 aromatic carbocycles. The van der Waals surface area contributed by atoms with Crippen LogP contribution >= 0.6 is 0 Å². The molecule has 0 radical (unpaired) electrons. The van der Waals surface area contributed by atoms with Crippen molar-refractivity contribution in [1.29, 1.82) is 0 Å². The van der Waals surface area contributed by atoms with Crippen LogP contribution in [0.4, 0.5) is 5.69 Å². The van der Waals surface area contributed by atoms with Gasteiger partial charge in [0.15, 0.2) is 11.5 Å². The highest BCUT2D eigenvalue weighted by molar-refractivity contribution is 5.71. The number of benzene rings is 1. The molecule has 0 atom stereocenters. The molecule has 0 heterocycles. The van der Waals surface area contributed by atoms with Crippen molar-refractivity contribution in [3.63, 3.8) is 0 Å². The van der Waals surface area contributed by atoms with Crippen molar-refractivity contribution in [2.75, 3.05) is 26.1 Å². The van der Waals surface area contributed by atoms with E-state index in [0.717, 1.165) is 23.7 Å². The summed E-state index contributed by atoms with van der Waals surface area (Å²) in [5, 5.41) is 3.44. The maximum Gasteiger partial charge on any atom is 0.184 e. The predicted octanol–water partition coefficient (Wildman–Crippen LogP) is 4.38. The Labute approximate surface area is 117 Å². The Morgan fingerprint density at radius 3 is 2.05 bits per heavy atom. The van der Waals surface area contributed by atoms with Crippen LogP contribution in [0.1, 0.15) is 57.6 Å². The first-order chi connectivity index (χ1) is 8.97. The van der Waals surface area contributed by atoms with E-state index in [1.165, 1.54) is 11.1 Å². The molecule has 0 unspecified atom stereocenters. The van der Waals surface area contributed by atoms with E-state index < -0.39 is 0 Å². The van der Waals surface area contributed by atoms with Gasteiger partial charge in [0, 0.05) is 6.54 Å². The molecule has 0 aliphatic heterocycles. The van der Waals surface area contributed by atoms with Crippen molar-refractivity contribution >= 4 is 5.69 Å². The number of anilines is 1. The van der Waals surface area contributed by atoms with E-state index in [-0.39, 0.29) is 0 Å². The Hall–Kier alpha value is -1.38. The number of hydrogen-bond acceptors (Lipinski definition) is 3. The maximum absolute atomic E-state index is 5.56. The third kappa shape index (κ3) is 3.14. The Balaban J connectivity index is 3.62. The van der Waals surface area contributed by atoms with E-state index >= 15 is 0 Å². The van der Waals surface area contributed by atoms with Gasteiger partial charge in [-0.1, -0.05) is 27.7 Å². The fraction of sp³-hybridized carbons (Fsp3) is 0.625. The van der Waals surface area contributed by atoms with Gasteiger partial charge >= 0.3 is 0 Å². The fourth-order valence-electron chi connectivity index (χ4n) is 2.48. The third-order valence-electron chi connectivity index (χ3n) is 3.29. The minimum absolute atomic E-state index is 0.436. The van der Waals surface area contributed by atoms with Gasteiger partial charge in [0.05, 0.1) is 19.9 Å². The van der Waals surface area contributed by atoms with Crippen LogP contribution in [-0.2, 0) is 0 Å². The number of ether oxygens (including phenoxy) is 2. The topological polar surface area (TPSA) is 30.5 Å². The van der Waals surface area contributed by atoms with Gasteiger partial charge in [-0.2, -0.15) is 0 Å². The zero-order chi connectivity index (χ0) is 14.6. The van der Waals surface area contributed by atoms with Crippen molar-refractivity contribution < 1.29 is 9.47 Å². The van der Waals surface area contributed by atoms with E-state index in [1.807, 2.05) is 0 Å². The van der Waals surface area contributed by atoms with Gasteiger partial charge in [-0.15, -0.1) is 0 Å². The van der Waals surface area contributed by atoms with Crippen LogP contribution in [0, 0.1) is 0 Å². The number of rotatable bonds is 6. The molecule has 0 saturated heterocycles. The Bertz CT molecular complexity index is 425. The summed E-state index contributed by atoms with van der Waals surface area (Å²) in [5.74, 6) is 2.49. The molecule has 3 nitrogen and oxygen atoms in total. The number of hydrogen-bond donors (Lipinski definition) is 1. The molecule has 1 N–H and O–H groups in total. The van der Waals surface area contributed by atoms with E-state index in [2.05, 4.69) is 46.0 Å². The highest BCUT2D eigenvalue weighted by atomic mass is 16.5. The number of nitrogens with one attached hydrogen (secondary N) is 1. The molecule has 19 heavy (non-hydrogen) atoms.